The van der Waals surface area contributed by atoms with E-state index in [-0.39, 0.29) is 43.4 Å². The Morgan fingerprint density at radius 3 is 2.05 bits per heavy atom. The fraction of sp³-hybridized carbons (Fsp3) is 0.340. The highest BCUT2D eigenvalue weighted by atomic mass is 31.2. The number of nitriles is 1. The second kappa shape index (κ2) is 20.4. The number of methoxy groups -OCH3 is 2. The number of nitrogens with zero attached hydrogens (tertiary/aromatic N) is 6. The summed E-state index contributed by atoms with van der Waals surface area (Å²) in [5.74, 6) is 1.39. The Morgan fingerprint density at radius 1 is 0.871 bits per heavy atom. The van der Waals surface area contributed by atoms with Crippen molar-refractivity contribution in [2.24, 2.45) is 0 Å². The van der Waals surface area contributed by atoms with Crippen LogP contribution in [0, 0.1) is 11.3 Å². The van der Waals surface area contributed by atoms with Gasteiger partial charge in [-0.2, -0.15) is 5.26 Å². The van der Waals surface area contributed by atoms with Gasteiger partial charge in [0.15, 0.2) is 17.0 Å². The summed E-state index contributed by atoms with van der Waals surface area (Å²) in [5.41, 5.74) is 2.89. The molecule has 322 valence electrons. The number of benzene rings is 4. The summed E-state index contributed by atoms with van der Waals surface area (Å²) in [5, 5.41) is 12.3. The van der Waals surface area contributed by atoms with Crippen molar-refractivity contribution in [3.05, 3.63) is 144 Å². The number of hydrogen-bond donors (Lipinski definition) is 1. The van der Waals surface area contributed by atoms with E-state index in [0.29, 0.717) is 34.6 Å². The Labute approximate surface area is 363 Å². The lowest BCUT2D eigenvalue weighted by molar-refractivity contribution is -0.0912. The minimum atomic E-state index is -1.66. The Morgan fingerprint density at radius 2 is 1.47 bits per heavy atom. The third-order valence-electron chi connectivity index (χ3n) is 10.6. The molecule has 4 atom stereocenters. The summed E-state index contributed by atoms with van der Waals surface area (Å²) in [4.78, 5) is 26.8. The van der Waals surface area contributed by atoms with Crippen LogP contribution < -0.4 is 14.8 Å². The molecule has 1 N–H and O–H groups in total. The van der Waals surface area contributed by atoms with Gasteiger partial charge in [-0.15, -0.1) is 0 Å². The van der Waals surface area contributed by atoms with Gasteiger partial charge in [-0.3, -0.25) is 9.36 Å². The zero-order chi connectivity index (χ0) is 43.6. The molecular formula is C47H52N7O7P. The average Bonchev–Trinajstić information content (AvgIpc) is 3.92. The number of nitrogens with one attached hydrogen (secondary N) is 1. The van der Waals surface area contributed by atoms with Crippen LogP contribution in [0.4, 0.5) is 5.82 Å². The molecule has 0 aliphatic carbocycles. The Hall–Kier alpha value is -5.78. The summed E-state index contributed by atoms with van der Waals surface area (Å²) in [6, 6.07) is 37.1. The second-order valence-electron chi connectivity index (χ2n) is 15.2. The zero-order valence-electron chi connectivity index (χ0n) is 35.8. The molecular weight excluding hydrogens is 806 g/mol. The van der Waals surface area contributed by atoms with Crippen molar-refractivity contribution in [2.45, 2.75) is 76.7 Å². The lowest BCUT2D eigenvalue weighted by Gasteiger charge is -2.39. The van der Waals surface area contributed by atoms with Crippen molar-refractivity contribution in [3.8, 4) is 17.6 Å². The Bertz CT molecular complexity index is 2360. The van der Waals surface area contributed by atoms with E-state index < -0.39 is 32.6 Å². The molecule has 0 spiro atoms. The van der Waals surface area contributed by atoms with Gasteiger partial charge >= 0.3 is 0 Å². The van der Waals surface area contributed by atoms with Crippen molar-refractivity contribution in [1.29, 1.82) is 5.26 Å². The molecule has 2 aromatic heterocycles. The quantitative estimate of drug-likeness (QED) is 0.0469. The number of imidazole rings is 1. The summed E-state index contributed by atoms with van der Waals surface area (Å²) < 4.78 is 43.0. The zero-order valence-corrected chi connectivity index (χ0v) is 36.6. The van der Waals surface area contributed by atoms with E-state index in [4.69, 9.17) is 28.0 Å². The first-order valence-electron chi connectivity index (χ1n) is 20.6. The fourth-order valence-electron chi connectivity index (χ4n) is 7.75. The predicted octanol–water partition coefficient (Wildman–Crippen LogP) is 9.05. The maximum atomic E-state index is 13.2. The lowest BCUT2D eigenvalue weighted by Crippen LogP contribution is -2.39. The van der Waals surface area contributed by atoms with Gasteiger partial charge in [-0.1, -0.05) is 72.8 Å². The van der Waals surface area contributed by atoms with Crippen LogP contribution in [0.25, 0.3) is 11.2 Å². The largest absolute Gasteiger partial charge is 0.497 e. The van der Waals surface area contributed by atoms with Crippen LogP contribution in [-0.4, -0.2) is 81.8 Å². The highest BCUT2D eigenvalue weighted by Gasteiger charge is 2.45. The molecule has 15 heteroatoms. The number of rotatable bonds is 19. The van der Waals surface area contributed by atoms with Crippen molar-refractivity contribution in [1.82, 2.24) is 24.2 Å². The first-order chi connectivity index (χ1) is 30.2. The van der Waals surface area contributed by atoms with Crippen LogP contribution in [0.2, 0.25) is 0 Å². The monoisotopic (exact) mass is 857 g/mol. The summed E-state index contributed by atoms with van der Waals surface area (Å²) >= 11 is 0. The van der Waals surface area contributed by atoms with Crippen molar-refractivity contribution >= 4 is 31.4 Å². The van der Waals surface area contributed by atoms with Crippen molar-refractivity contribution in [3.63, 3.8) is 0 Å². The number of fused-ring (bicyclic) bond motifs is 1. The van der Waals surface area contributed by atoms with Crippen LogP contribution in [0.5, 0.6) is 11.5 Å². The van der Waals surface area contributed by atoms with E-state index >= 15 is 0 Å². The van der Waals surface area contributed by atoms with Crippen LogP contribution in [0.3, 0.4) is 0 Å². The number of carbonyl (C=O) groups excluding carboxylic acids is 1. The fourth-order valence-corrected chi connectivity index (χ4v) is 9.51. The molecule has 4 aromatic carbocycles. The van der Waals surface area contributed by atoms with Gasteiger partial charge in [0, 0.05) is 24.1 Å². The minimum Gasteiger partial charge on any atom is -0.497 e. The standard InChI is InChI=1S/C47H52N7O7P/c1-32(2)54(33(3)4)62(59-27-13-26-48)61-40-28-42(53-31-51-43-44(49-30-50-45(43)53)52-46(55)34-14-9-7-10-15-34)60-41(40)29-58-47(35-16-11-8-12-17-35,36-18-22-38(56-5)23-19-36)37-20-24-39(57-6)25-21-37/h7-12,14-25,30-33,40-42H,13,27-29H2,1-6H3,(H,49,50,52,55)/t40-,41-,42+,62?/m0/s1. The molecule has 3 heterocycles. The summed E-state index contributed by atoms with van der Waals surface area (Å²) in [7, 11) is 1.62. The van der Waals surface area contributed by atoms with Crippen molar-refractivity contribution in [2.75, 3.05) is 32.8 Å². The van der Waals surface area contributed by atoms with Gasteiger partial charge in [-0.05, 0) is 80.8 Å². The van der Waals surface area contributed by atoms with Gasteiger partial charge in [0.25, 0.3) is 14.4 Å². The Kier molecular flexibility index (Phi) is 14.6. The molecule has 1 aliphatic rings. The van der Waals surface area contributed by atoms with Gasteiger partial charge in [0.2, 0.25) is 0 Å². The number of carbonyl (C=O) groups is 1. The number of anilines is 1. The molecule has 1 amide bonds. The first-order valence-corrected chi connectivity index (χ1v) is 21.7. The molecule has 7 rings (SSSR count). The van der Waals surface area contributed by atoms with E-state index in [0.717, 1.165) is 16.7 Å². The second-order valence-corrected chi connectivity index (χ2v) is 16.6. The lowest BCUT2D eigenvalue weighted by atomic mass is 9.80. The van der Waals surface area contributed by atoms with Gasteiger partial charge in [0.05, 0.1) is 52.4 Å². The molecule has 62 heavy (non-hydrogen) atoms. The Balaban J connectivity index is 1.28. The molecule has 1 saturated heterocycles. The average molecular weight is 858 g/mol. The smallest absolute Gasteiger partial charge is 0.259 e. The van der Waals surface area contributed by atoms with E-state index in [1.165, 1.54) is 6.33 Å². The SMILES string of the molecule is COc1ccc(C(OC[C@@H]2O[C@@H](n3cnc4c(NC(=O)c5ccccc5)ncnc43)C[C@@H]2OP(OCCC#N)N(C(C)C)C(C)C)(c2ccccc2)c2ccc(OC)cc2)cc1. The maximum absolute atomic E-state index is 13.2. The highest BCUT2D eigenvalue weighted by molar-refractivity contribution is 7.44. The van der Waals surface area contributed by atoms with Crippen LogP contribution in [-0.2, 0) is 24.1 Å². The molecule has 0 radical (unpaired) electrons. The summed E-state index contributed by atoms with van der Waals surface area (Å²) in [6.07, 6.45) is 1.84. The molecule has 6 aromatic rings. The number of amides is 1. The molecule has 1 unspecified atom stereocenters. The number of ether oxygens (including phenoxy) is 4. The van der Waals surface area contributed by atoms with E-state index in [9.17, 15) is 10.1 Å². The molecule has 1 aliphatic heterocycles. The van der Waals surface area contributed by atoms with Crippen LogP contribution in [0.1, 0.15) is 73.8 Å². The topological polar surface area (TPSA) is 155 Å². The molecule has 14 nitrogen and oxygen atoms in total. The molecule has 1 fully saturated rings. The number of aromatic nitrogens is 4. The minimum absolute atomic E-state index is 0.0747. The third kappa shape index (κ3) is 9.64. The van der Waals surface area contributed by atoms with Gasteiger partial charge < -0.3 is 33.3 Å². The maximum Gasteiger partial charge on any atom is 0.259 e. The molecule has 0 saturated carbocycles. The van der Waals surface area contributed by atoms with Crippen LogP contribution >= 0.6 is 8.53 Å². The highest BCUT2D eigenvalue weighted by Crippen LogP contribution is 2.51. The predicted molar refractivity (Wildman–Crippen MR) is 237 cm³/mol. The first kappa shape index (κ1) is 44.3. The van der Waals surface area contributed by atoms with Crippen molar-refractivity contribution < 1.29 is 32.8 Å². The third-order valence-corrected chi connectivity index (χ3v) is 12.8. The summed E-state index contributed by atoms with van der Waals surface area (Å²) in [6.45, 7) is 8.70. The molecule has 0 bridgehead atoms. The van der Waals surface area contributed by atoms with Gasteiger partial charge in [-0.25, -0.2) is 19.6 Å². The van der Waals surface area contributed by atoms with E-state index in [1.54, 1.807) is 44.8 Å². The van der Waals surface area contributed by atoms with E-state index in [1.807, 2.05) is 77.4 Å². The normalized spacial score (nSPS) is 17.1. The van der Waals surface area contributed by atoms with Crippen LogP contribution in [0.15, 0.2) is 122 Å². The van der Waals surface area contributed by atoms with Gasteiger partial charge in [0.1, 0.15) is 35.8 Å². The number of hydrogen-bond acceptors (Lipinski definition) is 12. The van der Waals surface area contributed by atoms with E-state index in [2.05, 4.69) is 70.8 Å².